The zero-order valence-corrected chi connectivity index (χ0v) is 19.0. The third kappa shape index (κ3) is 4.05. The Bertz CT molecular complexity index is 837. The number of aromatic nitrogens is 3. The molecule has 0 bridgehead atoms. The van der Waals surface area contributed by atoms with Crippen LogP contribution in [-0.4, -0.2) is 66.6 Å². The number of piperidine rings is 2. The van der Waals surface area contributed by atoms with Gasteiger partial charge in [0.2, 0.25) is 0 Å². The molecule has 2 unspecified atom stereocenters. The van der Waals surface area contributed by atoms with E-state index in [4.69, 9.17) is 19.4 Å². The van der Waals surface area contributed by atoms with E-state index in [0.29, 0.717) is 24.0 Å². The Morgan fingerprint density at radius 1 is 0.719 bits per heavy atom. The number of hydrogen-bond donors (Lipinski definition) is 0. The van der Waals surface area contributed by atoms with E-state index in [2.05, 4.69) is 14.8 Å². The lowest BCUT2D eigenvalue weighted by molar-refractivity contribution is 0.0527. The Morgan fingerprint density at radius 2 is 1.28 bits per heavy atom. The minimum Gasteiger partial charge on any atom is -0.378 e. The van der Waals surface area contributed by atoms with E-state index in [-0.39, 0.29) is 0 Å². The predicted molar refractivity (Wildman–Crippen MR) is 125 cm³/mol. The van der Waals surface area contributed by atoms with Crippen LogP contribution in [0.3, 0.4) is 0 Å². The minimum absolute atomic E-state index is 0.470. The molecule has 4 aliphatic heterocycles. The van der Waals surface area contributed by atoms with Crippen molar-refractivity contribution in [3.05, 3.63) is 18.3 Å². The van der Waals surface area contributed by atoms with E-state index in [1.54, 1.807) is 0 Å². The third-order valence-electron chi connectivity index (χ3n) is 8.06. The normalized spacial score (nSPS) is 28.1. The molecule has 7 heteroatoms. The summed E-state index contributed by atoms with van der Waals surface area (Å²) in [6.45, 7) is 6.00. The summed E-state index contributed by atoms with van der Waals surface area (Å²) in [6, 6.07) is 3.99. The molecule has 0 radical (unpaired) electrons. The average Bonchev–Trinajstić information content (AvgIpc) is 3.58. The van der Waals surface area contributed by atoms with Gasteiger partial charge in [0.1, 0.15) is 5.52 Å². The minimum atomic E-state index is 0.470. The first-order chi connectivity index (χ1) is 15.8. The SMILES string of the molecule is c1cnc2nc(N3CCC(C4CCCO4)CC3)c(N3CCC(C4CCCO4)CC3)nc2c1. The molecule has 4 fully saturated rings. The number of rotatable bonds is 4. The van der Waals surface area contributed by atoms with Gasteiger partial charge in [-0.2, -0.15) is 0 Å². The number of hydrogen-bond acceptors (Lipinski definition) is 7. The summed E-state index contributed by atoms with van der Waals surface area (Å²) >= 11 is 0. The van der Waals surface area contributed by atoms with Crippen molar-refractivity contribution in [3.63, 3.8) is 0 Å². The summed E-state index contributed by atoms with van der Waals surface area (Å²) in [7, 11) is 0. The van der Waals surface area contributed by atoms with Gasteiger partial charge in [-0.15, -0.1) is 0 Å². The van der Waals surface area contributed by atoms with Crippen LogP contribution < -0.4 is 9.80 Å². The Balaban J connectivity index is 1.22. The van der Waals surface area contributed by atoms with Crippen LogP contribution in [0.2, 0.25) is 0 Å². The smallest absolute Gasteiger partial charge is 0.180 e. The van der Waals surface area contributed by atoms with Crippen molar-refractivity contribution in [1.82, 2.24) is 15.0 Å². The maximum absolute atomic E-state index is 5.99. The van der Waals surface area contributed by atoms with E-state index in [1.165, 1.54) is 51.4 Å². The van der Waals surface area contributed by atoms with Gasteiger partial charge in [0.05, 0.1) is 12.2 Å². The van der Waals surface area contributed by atoms with Gasteiger partial charge in [-0.3, -0.25) is 0 Å². The first-order valence-electron chi connectivity index (χ1n) is 12.7. The second kappa shape index (κ2) is 9.10. The standard InChI is InChI=1S/C25H35N5O2/c1-4-20-23(26-11-1)28-25(30-14-9-19(10-15-30)22-6-3-17-32-22)24(27-20)29-12-7-18(8-13-29)21-5-2-16-31-21/h1,4,11,18-19,21-22H,2-3,5-10,12-17H2. The molecule has 0 saturated carbocycles. The predicted octanol–water partition coefficient (Wildman–Crippen LogP) is 3.82. The van der Waals surface area contributed by atoms with Gasteiger partial charge in [-0.1, -0.05) is 0 Å². The highest BCUT2D eigenvalue weighted by Crippen LogP contribution is 2.36. The fourth-order valence-electron chi connectivity index (χ4n) is 6.22. The molecule has 2 atom stereocenters. The van der Waals surface area contributed by atoms with Crippen LogP contribution in [0.1, 0.15) is 51.4 Å². The number of nitrogens with zero attached hydrogens (tertiary/aromatic N) is 5. The van der Waals surface area contributed by atoms with E-state index in [1.807, 2.05) is 18.3 Å². The fourth-order valence-corrected chi connectivity index (χ4v) is 6.22. The molecule has 4 saturated heterocycles. The van der Waals surface area contributed by atoms with Crippen molar-refractivity contribution in [3.8, 4) is 0 Å². The van der Waals surface area contributed by atoms with Crippen molar-refractivity contribution in [2.24, 2.45) is 11.8 Å². The van der Waals surface area contributed by atoms with Gasteiger partial charge >= 0.3 is 0 Å². The van der Waals surface area contributed by atoms with Crippen molar-refractivity contribution in [1.29, 1.82) is 0 Å². The Labute approximate surface area is 190 Å². The van der Waals surface area contributed by atoms with Gasteiger partial charge < -0.3 is 19.3 Å². The quantitative estimate of drug-likeness (QED) is 0.721. The van der Waals surface area contributed by atoms with Crippen LogP contribution in [0, 0.1) is 11.8 Å². The van der Waals surface area contributed by atoms with Gasteiger partial charge in [0.25, 0.3) is 0 Å². The van der Waals surface area contributed by atoms with Gasteiger partial charge in [0.15, 0.2) is 17.3 Å². The fraction of sp³-hybridized carbons (Fsp3) is 0.720. The zero-order valence-electron chi connectivity index (χ0n) is 19.0. The van der Waals surface area contributed by atoms with E-state index < -0.39 is 0 Å². The molecule has 32 heavy (non-hydrogen) atoms. The topological polar surface area (TPSA) is 63.6 Å². The van der Waals surface area contributed by atoms with Crippen LogP contribution in [0.4, 0.5) is 11.6 Å². The van der Waals surface area contributed by atoms with Crippen molar-refractivity contribution < 1.29 is 9.47 Å². The third-order valence-corrected chi connectivity index (χ3v) is 8.06. The van der Waals surface area contributed by atoms with Gasteiger partial charge in [-0.05, 0) is 75.3 Å². The Morgan fingerprint density at radius 3 is 1.81 bits per heavy atom. The molecule has 6 rings (SSSR count). The van der Waals surface area contributed by atoms with Crippen LogP contribution >= 0.6 is 0 Å². The highest BCUT2D eigenvalue weighted by molar-refractivity contribution is 5.78. The molecule has 4 aliphatic rings. The van der Waals surface area contributed by atoms with Crippen LogP contribution in [-0.2, 0) is 9.47 Å². The van der Waals surface area contributed by atoms with Crippen molar-refractivity contribution >= 4 is 22.8 Å². The van der Waals surface area contributed by atoms with Crippen molar-refractivity contribution in [2.75, 3.05) is 49.2 Å². The maximum Gasteiger partial charge on any atom is 0.180 e. The lowest BCUT2D eigenvalue weighted by Gasteiger charge is -2.39. The average molecular weight is 438 g/mol. The van der Waals surface area contributed by atoms with E-state index in [0.717, 1.165) is 62.2 Å². The molecular formula is C25H35N5O2. The lowest BCUT2D eigenvalue weighted by Crippen LogP contribution is -2.41. The summed E-state index contributed by atoms with van der Waals surface area (Å²) < 4.78 is 12.0. The highest BCUT2D eigenvalue weighted by Gasteiger charge is 2.34. The van der Waals surface area contributed by atoms with Gasteiger partial charge in [0, 0.05) is 45.6 Å². The van der Waals surface area contributed by atoms with E-state index in [9.17, 15) is 0 Å². The van der Waals surface area contributed by atoms with Gasteiger partial charge in [-0.25, -0.2) is 15.0 Å². The molecule has 0 amide bonds. The number of anilines is 2. The molecule has 0 spiro atoms. The van der Waals surface area contributed by atoms with Crippen LogP contribution in [0.5, 0.6) is 0 Å². The summed E-state index contributed by atoms with van der Waals surface area (Å²) in [5.74, 6) is 3.45. The molecular weight excluding hydrogens is 402 g/mol. The van der Waals surface area contributed by atoms with Crippen molar-refractivity contribution in [2.45, 2.75) is 63.6 Å². The monoisotopic (exact) mass is 437 g/mol. The molecule has 0 N–H and O–H groups in total. The first kappa shape index (κ1) is 20.6. The summed E-state index contributed by atoms with van der Waals surface area (Å²) in [4.78, 5) is 19.6. The Hall–Kier alpha value is -1.99. The molecule has 2 aromatic rings. The molecule has 2 aromatic heterocycles. The highest BCUT2D eigenvalue weighted by atomic mass is 16.5. The molecule has 172 valence electrons. The molecule has 6 heterocycles. The molecule has 7 nitrogen and oxygen atoms in total. The maximum atomic E-state index is 5.99. The van der Waals surface area contributed by atoms with Crippen LogP contribution in [0.25, 0.3) is 11.2 Å². The Kier molecular flexibility index (Phi) is 5.86. The second-order valence-corrected chi connectivity index (χ2v) is 9.97. The molecule has 0 aliphatic carbocycles. The van der Waals surface area contributed by atoms with E-state index >= 15 is 0 Å². The summed E-state index contributed by atoms with van der Waals surface area (Å²) in [6.07, 6.45) is 12.4. The largest absolute Gasteiger partial charge is 0.378 e. The number of ether oxygens (including phenoxy) is 2. The first-order valence-corrected chi connectivity index (χ1v) is 12.7. The molecule has 0 aromatic carbocycles. The summed E-state index contributed by atoms with van der Waals surface area (Å²) in [5.41, 5.74) is 1.64. The zero-order chi connectivity index (χ0) is 21.3. The summed E-state index contributed by atoms with van der Waals surface area (Å²) in [5, 5.41) is 0. The second-order valence-electron chi connectivity index (χ2n) is 9.97. The van der Waals surface area contributed by atoms with Crippen LogP contribution in [0.15, 0.2) is 18.3 Å². The lowest BCUT2D eigenvalue weighted by atomic mass is 9.89. The number of fused-ring (bicyclic) bond motifs is 1. The number of pyridine rings is 1.